The van der Waals surface area contributed by atoms with Crippen LogP contribution in [0.3, 0.4) is 0 Å². The molecule has 0 aliphatic heterocycles. The molecular formula is C46H35N3. The number of benzene rings is 6. The van der Waals surface area contributed by atoms with Crippen molar-refractivity contribution in [1.82, 2.24) is 15.0 Å². The molecule has 1 heterocycles. The van der Waals surface area contributed by atoms with Crippen LogP contribution in [0.2, 0.25) is 0 Å². The van der Waals surface area contributed by atoms with E-state index in [-0.39, 0.29) is 16.7 Å². The SMILES string of the molecule is CC1(C)c2ccccc2-c2cc3c(cc21)C(c1nc(-c2ccccc2)nc(-c2ccccc2)n1)c1cc2c(cc1-3)-c1ccccc1C2(C)C. The summed E-state index contributed by atoms with van der Waals surface area (Å²) in [4.78, 5) is 15.7. The molecule has 234 valence electrons. The molecule has 0 saturated heterocycles. The van der Waals surface area contributed by atoms with Crippen LogP contribution >= 0.6 is 0 Å². The fraction of sp³-hybridized carbons (Fsp3) is 0.152. The lowest BCUT2D eigenvalue weighted by Crippen LogP contribution is -2.16. The van der Waals surface area contributed by atoms with E-state index in [2.05, 4.69) is 125 Å². The fourth-order valence-corrected chi connectivity index (χ4v) is 8.87. The van der Waals surface area contributed by atoms with Crippen molar-refractivity contribution in [2.45, 2.75) is 44.4 Å². The van der Waals surface area contributed by atoms with E-state index in [0.717, 1.165) is 17.0 Å². The second-order valence-corrected chi connectivity index (χ2v) is 14.8. The lowest BCUT2D eigenvalue weighted by Gasteiger charge is -2.24. The minimum atomic E-state index is -0.146. The third-order valence-corrected chi connectivity index (χ3v) is 11.4. The number of rotatable bonds is 3. The van der Waals surface area contributed by atoms with Gasteiger partial charge in [0, 0.05) is 22.0 Å². The van der Waals surface area contributed by atoms with E-state index in [9.17, 15) is 0 Å². The van der Waals surface area contributed by atoms with Gasteiger partial charge in [-0.3, -0.25) is 0 Å². The van der Waals surface area contributed by atoms with E-state index in [1.54, 1.807) is 0 Å². The van der Waals surface area contributed by atoms with Crippen molar-refractivity contribution in [2.75, 3.05) is 0 Å². The molecule has 1 aromatic heterocycles. The molecule has 0 unspecified atom stereocenters. The van der Waals surface area contributed by atoms with Crippen LogP contribution in [0.15, 0.2) is 133 Å². The Morgan fingerprint density at radius 1 is 0.388 bits per heavy atom. The van der Waals surface area contributed by atoms with E-state index < -0.39 is 0 Å². The van der Waals surface area contributed by atoms with Gasteiger partial charge in [-0.2, -0.15) is 0 Å². The Kier molecular flexibility index (Phi) is 5.75. The average molecular weight is 630 g/mol. The van der Waals surface area contributed by atoms with Crippen molar-refractivity contribution in [1.29, 1.82) is 0 Å². The zero-order chi connectivity index (χ0) is 33.1. The summed E-state index contributed by atoms with van der Waals surface area (Å²) in [5.41, 5.74) is 17.7. The van der Waals surface area contributed by atoms with Crippen molar-refractivity contribution in [3.05, 3.63) is 173 Å². The van der Waals surface area contributed by atoms with Crippen LogP contribution in [0.1, 0.15) is 72.8 Å². The Hall–Kier alpha value is -5.67. The van der Waals surface area contributed by atoms with Crippen LogP contribution < -0.4 is 0 Å². The summed E-state index contributed by atoms with van der Waals surface area (Å²) in [5.74, 6) is 2.03. The number of nitrogens with zero attached hydrogens (tertiary/aromatic N) is 3. The maximum Gasteiger partial charge on any atom is 0.163 e. The number of hydrogen-bond acceptors (Lipinski definition) is 3. The lowest BCUT2D eigenvalue weighted by atomic mass is 9.80. The van der Waals surface area contributed by atoms with Crippen LogP contribution in [0.5, 0.6) is 0 Å². The molecule has 0 amide bonds. The largest absolute Gasteiger partial charge is 0.212 e. The van der Waals surface area contributed by atoms with Gasteiger partial charge in [-0.15, -0.1) is 0 Å². The molecule has 7 aromatic rings. The molecule has 0 radical (unpaired) electrons. The lowest BCUT2D eigenvalue weighted by molar-refractivity contribution is 0.657. The van der Waals surface area contributed by atoms with Crippen molar-refractivity contribution < 1.29 is 0 Å². The van der Waals surface area contributed by atoms with Crippen molar-refractivity contribution in [3.63, 3.8) is 0 Å². The smallest absolute Gasteiger partial charge is 0.163 e. The van der Waals surface area contributed by atoms with Gasteiger partial charge in [0.2, 0.25) is 0 Å². The third kappa shape index (κ3) is 3.93. The number of fused-ring (bicyclic) bond motifs is 9. The predicted molar refractivity (Wildman–Crippen MR) is 199 cm³/mol. The molecule has 3 aliphatic rings. The molecule has 6 aromatic carbocycles. The highest BCUT2D eigenvalue weighted by Crippen LogP contribution is 2.58. The molecule has 49 heavy (non-hydrogen) atoms. The predicted octanol–water partition coefficient (Wildman–Crippen LogP) is 11.0. The van der Waals surface area contributed by atoms with Crippen molar-refractivity contribution in [2.24, 2.45) is 0 Å². The van der Waals surface area contributed by atoms with E-state index in [0.29, 0.717) is 11.6 Å². The fourth-order valence-electron chi connectivity index (χ4n) is 8.87. The van der Waals surface area contributed by atoms with E-state index in [1.165, 1.54) is 66.8 Å². The maximum atomic E-state index is 5.33. The van der Waals surface area contributed by atoms with Gasteiger partial charge in [0.05, 0.1) is 5.92 Å². The highest BCUT2D eigenvalue weighted by atomic mass is 15.0. The van der Waals surface area contributed by atoms with Gasteiger partial charge in [-0.1, -0.05) is 149 Å². The van der Waals surface area contributed by atoms with Crippen LogP contribution in [-0.2, 0) is 10.8 Å². The summed E-state index contributed by atoms with van der Waals surface area (Å²) in [6, 6.07) is 48.3. The second kappa shape index (κ2) is 9.93. The first kappa shape index (κ1) is 28.4. The normalized spacial score (nSPS) is 15.6. The van der Waals surface area contributed by atoms with Gasteiger partial charge in [0.15, 0.2) is 11.6 Å². The Morgan fingerprint density at radius 3 is 1.24 bits per heavy atom. The van der Waals surface area contributed by atoms with Gasteiger partial charge < -0.3 is 0 Å². The van der Waals surface area contributed by atoms with E-state index in [4.69, 9.17) is 15.0 Å². The molecule has 0 atom stereocenters. The van der Waals surface area contributed by atoms with Gasteiger partial charge in [0.1, 0.15) is 5.82 Å². The highest BCUT2D eigenvalue weighted by molar-refractivity contribution is 5.93. The summed E-state index contributed by atoms with van der Waals surface area (Å²) in [6.45, 7) is 9.44. The molecule has 0 bridgehead atoms. The minimum absolute atomic E-state index is 0.119. The van der Waals surface area contributed by atoms with Crippen LogP contribution in [0, 0.1) is 0 Å². The molecule has 3 nitrogen and oxygen atoms in total. The van der Waals surface area contributed by atoms with Gasteiger partial charge in [0.25, 0.3) is 0 Å². The summed E-state index contributed by atoms with van der Waals surface area (Å²) in [5, 5.41) is 0. The van der Waals surface area contributed by atoms with Crippen LogP contribution in [-0.4, -0.2) is 15.0 Å². The second-order valence-electron chi connectivity index (χ2n) is 14.8. The first-order valence-corrected chi connectivity index (χ1v) is 17.2. The Bertz CT molecular complexity index is 2320. The Labute approximate surface area is 287 Å². The van der Waals surface area contributed by atoms with Crippen molar-refractivity contribution >= 4 is 0 Å². The van der Waals surface area contributed by atoms with E-state index in [1.807, 2.05) is 36.4 Å². The highest BCUT2D eigenvalue weighted by Gasteiger charge is 2.43. The van der Waals surface area contributed by atoms with Gasteiger partial charge in [-0.05, 0) is 78.9 Å². The molecule has 0 saturated carbocycles. The monoisotopic (exact) mass is 629 g/mol. The van der Waals surface area contributed by atoms with Crippen molar-refractivity contribution in [3.8, 4) is 56.2 Å². The molecule has 3 heteroatoms. The molecular weight excluding hydrogens is 595 g/mol. The van der Waals surface area contributed by atoms with Crippen LogP contribution in [0.4, 0.5) is 0 Å². The zero-order valence-electron chi connectivity index (χ0n) is 28.1. The molecule has 0 N–H and O–H groups in total. The molecule has 0 fully saturated rings. The Balaban J connectivity index is 1.28. The summed E-state index contributed by atoms with van der Waals surface area (Å²) in [6.07, 6.45) is 0. The quantitative estimate of drug-likeness (QED) is 0.195. The first-order chi connectivity index (χ1) is 23.8. The molecule has 3 aliphatic carbocycles. The van der Waals surface area contributed by atoms with Gasteiger partial charge >= 0.3 is 0 Å². The maximum absolute atomic E-state index is 5.33. The zero-order valence-corrected chi connectivity index (χ0v) is 28.1. The molecule has 0 spiro atoms. The van der Waals surface area contributed by atoms with Crippen LogP contribution in [0.25, 0.3) is 56.2 Å². The number of hydrogen-bond donors (Lipinski definition) is 0. The summed E-state index contributed by atoms with van der Waals surface area (Å²) < 4.78 is 0. The average Bonchev–Trinajstić information content (AvgIpc) is 3.67. The Morgan fingerprint density at radius 2 is 0.796 bits per heavy atom. The summed E-state index contributed by atoms with van der Waals surface area (Å²) in [7, 11) is 0. The third-order valence-electron chi connectivity index (χ3n) is 11.4. The van der Waals surface area contributed by atoms with E-state index >= 15 is 0 Å². The number of aromatic nitrogens is 3. The minimum Gasteiger partial charge on any atom is -0.212 e. The molecule has 10 rings (SSSR count). The standard InChI is InChI=1S/C46H35N3/c1-45(2)37-21-13-11-19-29(37)33-23-31-32-24-34-30-20-12-14-22-38(30)46(3,4)40(34)26-36(32)41(35(31)25-39(33)45)44-48-42(27-15-7-5-8-16-27)47-43(49-44)28-17-9-6-10-18-28/h5-26,41H,1-4H3. The topological polar surface area (TPSA) is 38.7 Å². The first-order valence-electron chi connectivity index (χ1n) is 17.2. The van der Waals surface area contributed by atoms with Gasteiger partial charge in [-0.25, -0.2) is 15.0 Å². The summed E-state index contributed by atoms with van der Waals surface area (Å²) >= 11 is 0.